The van der Waals surface area contributed by atoms with Crippen molar-refractivity contribution in [1.29, 1.82) is 0 Å². The standard InChI is InChI=1S/C23H29N3O7/c1-14-9-22(2,3)13-23(10-14)20(30)26(21(31)25-23)11-18(28)33-12-17(27)24-16-7-5-15(6-8-16)19(29)32-4/h5-8,14H,9-13H2,1-4H3,(H,24,27)(H,25,31). The molecule has 10 heteroatoms. The van der Waals surface area contributed by atoms with Gasteiger partial charge >= 0.3 is 18.0 Å². The monoisotopic (exact) mass is 459 g/mol. The Hall–Kier alpha value is -3.43. The minimum absolute atomic E-state index is 0.121. The van der Waals surface area contributed by atoms with Gasteiger partial charge in [0.2, 0.25) is 0 Å². The molecule has 1 heterocycles. The fourth-order valence-corrected chi connectivity index (χ4v) is 4.97. The summed E-state index contributed by atoms with van der Waals surface area (Å²) in [5.41, 5.74) is -0.408. The van der Waals surface area contributed by atoms with Crippen LogP contribution >= 0.6 is 0 Å². The summed E-state index contributed by atoms with van der Waals surface area (Å²) in [6.45, 7) is 5.00. The highest BCUT2D eigenvalue weighted by molar-refractivity contribution is 6.09. The molecule has 2 fully saturated rings. The Morgan fingerprint density at radius 2 is 1.82 bits per heavy atom. The second-order valence-corrected chi connectivity index (χ2v) is 9.54. The summed E-state index contributed by atoms with van der Waals surface area (Å²) in [5, 5.41) is 5.32. The molecule has 1 saturated heterocycles. The van der Waals surface area contributed by atoms with E-state index < -0.39 is 48.5 Å². The number of urea groups is 1. The Kier molecular flexibility index (Phi) is 6.76. The van der Waals surface area contributed by atoms with Gasteiger partial charge in [0.05, 0.1) is 12.7 Å². The van der Waals surface area contributed by atoms with Gasteiger partial charge in [-0.15, -0.1) is 0 Å². The molecule has 1 aliphatic heterocycles. The minimum Gasteiger partial charge on any atom is -0.465 e. The van der Waals surface area contributed by atoms with Crippen LogP contribution in [-0.2, 0) is 23.9 Å². The molecule has 0 aromatic heterocycles. The van der Waals surface area contributed by atoms with Crippen molar-refractivity contribution in [3.63, 3.8) is 0 Å². The van der Waals surface area contributed by atoms with Crippen molar-refractivity contribution >= 4 is 35.5 Å². The molecule has 1 spiro atoms. The van der Waals surface area contributed by atoms with E-state index in [1.807, 2.05) is 6.92 Å². The molecule has 2 atom stereocenters. The van der Waals surface area contributed by atoms with Crippen LogP contribution in [0.1, 0.15) is 50.4 Å². The van der Waals surface area contributed by atoms with Gasteiger partial charge in [-0.05, 0) is 54.9 Å². The highest BCUT2D eigenvalue weighted by atomic mass is 16.5. The number of nitrogens with zero attached hydrogens (tertiary/aromatic N) is 1. The third-order valence-electron chi connectivity index (χ3n) is 5.87. The third kappa shape index (κ3) is 5.50. The molecule has 0 radical (unpaired) electrons. The zero-order chi connectivity index (χ0) is 24.4. The van der Waals surface area contributed by atoms with Crippen LogP contribution in [0.3, 0.4) is 0 Å². The van der Waals surface area contributed by atoms with Gasteiger partial charge in [0.1, 0.15) is 12.1 Å². The van der Waals surface area contributed by atoms with E-state index in [4.69, 9.17) is 4.74 Å². The van der Waals surface area contributed by atoms with Crippen LogP contribution in [0.4, 0.5) is 10.5 Å². The number of esters is 2. The van der Waals surface area contributed by atoms with Gasteiger partial charge in [0, 0.05) is 5.69 Å². The van der Waals surface area contributed by atoms with E-state index >= 15 is 0 Å². The topological polar surface area (TPSA) is 131 Å². The summed E-state index contributed by atoms with van der Waals surface area (Å²) in [4.78, 5) is 62.1. The van der Waals surface area contributed by atoms with Crippen molar-refractivity contribution in [3.05, 3.63) is 29.8 Å². The molecular weight excluding hydrogens is 430 g/mol. The van der Waals surface area contributed by atoms with Gasteiger partial charge in [-0.1, -0.05) is 20.8 Å². The first kappa shape index (κ1) is 24.2. The lowest BCUT2D eigenvalue weighted by Gasteiger charge is -2.43. The summed E-state index contributed by atoms with van der Waals surface area (Å²) in [6, 6.07) is 5.34. The maximum Gasteiger partial charge on any atom is 0.337 e. The van der Waals surface area contributed by atoms with Crippen molar-refractivity contribution in [3.8, 4) is 0 Å². The summed E-state index contributed by atoms with van der Waals surface area (Å²) in [5.74, 6) is -2.16. The van der Waals surface area contributed by atoms with Gasteiger partial charge in [-0.3, -0.25) is 19.3 Å². The second kappa shape index (κ2) is 9.21. The van der Waals surface area contributed by atoms with E-state index in [2.05, 4.69) is 29.2 Å². The van der Waals surface area contributed by atoms with Gasteiger partial charge < -0.3 is 20.1 Å². The Morgan fingerprint density at radius 3 is 2.42 bits per heavy atom. The van der Waals surface area contributed by atoms with Crippen LogP contribution in [0.2, 0.25) is 0 Å². The van der Waals surface area contributed by atoms with Crippen molar-refractivity contribution < 1.29 is 33.4 Å². The van der Waals surface area contributed by atoms with Crippen molar-refractivity contribution in [2.24, 2.45) is 11.3 Å². The number of amides is 4. The van der Waals surface area contributed by atoms with Crippen LogP contribution in [0, 0.1) is 11.3 Å². The van der Waals surface area contributed by atoms with Gasteiger partial charge in [-0.2, -0.15) is 0 Å². The fraction of sp³-hybridized carbons (Fsp3) is 0.522. The number of methoxy groups -OCH3 is 1. The molecule has 178 valence electrons. The van der Waals surface area contributed by atoms with Gasteiger partial charge in [-0.25, -0.2) is 9.59 Å². The number of nitrogens with one attached hydrogen (secondary N) is 2. The predicted molar refractivity (Wildman–Crippen MR) is 117 cm³/mol. The van der Waals surface area contributed by atoms with Crippen molar-refractivity contribution in [1.82, 2.24) is 10.2 Å². The number of hydrogen-bond acceptors (Lipinski definition) is 7. The molecule has 1 saturated carbocycles. The van der Waals surface area contributed by atoms with E-state index in [-0.39, 0.29) is 11.3 Å². The Bertz CT molecular complexity index is 973. The Morgan fingerprint density at radius 1 is 1.15 bits per heavy atom. The summed E-state index contributed by atoms with van der Waals surface area (Å²) in [7, 11) is 1.27. The predicted octanol–water partition coefficient (Wildman–Crippen LogP) is 2.09. The largest absolute Gasteiger partial charge is 0.465 e. The van der Waals surface area contributed by atoms with Crippen LogP contribution in [0.15, 0.2) is 24.3 Å². The van der Waals surface area contributed by atoms with E-state index in [9.17, 15) is 24.0 Å². The molecule has 1 aromatic carbocycles. The fourth-order valence-electron chi connectivity index (χ4n) is 4.97. The molecule has 10 nitrogen and oxygen atoms in total. The number of carbonyl (C=O) groups excluding carboxylic acids is 5. The zero-order valence-electron chi connectivity index (χ0n) is 19.2. The third-order valence-corrected chi connectivity index (χ3v) is 5.87. The van der Waals surface area contributed by atoms with Crippen LogP contribution in [-0.4, -0.2) is 60.5 Å². The molecule has 1 aromatic rings. The van der Waals surface area contributed by atoms with E-state index in [0.29, 0.717) is 24.1 Å². The zero-order valence-corrected chi connectivity index (χ0v) is 19.2. The average Bonchev–Trinajstić information content (AvgIpc) is 2.93. The number of benzene rings is 1. The van der Waals surface area contributed by atoms with E-state index in [1.54, 1.807) is 0 Å². The molecule has 2 N–H and O–H groups in total. The summed E-state index contributed by atoms with van der Waals surface area (Å²) < 4.78 is 9.56. The quantitative estimate of drug-likeness (QED) is 0.492. The number of ether oxygens (including phenoxy) is 2. The van der Waals surface area contributed by atoms with Crippen LogP contribution in [0.25, 0.3) is 0 Å². The first-order valence-electron chi connectivity index (χ1n) is 10.7. The Labute approximate surface area is 192 Å². The summed E-state index contributed by atoms with van der Waals surface area (Å²) in [6.07, 6.45) is 1.96. The maximum atomic E-state index is 13.1. The highest BCUT2D eigenvalue weighted by Crippen LogP contribution is 2.46. The van der Waals surface area contributed by atoms with Crippen LogP contribution < -0.4 is 10.6 Å². The number of anilines is 1. The van der Waals surface area contributed by atoms with Gasteiger partial charge in [0.25, 0.3) is 11.8 Å². The van der Waals surface area contributed by atoms with E-state index in [0.717, 1.165) is 11.3 Å². The number of imide groups is 1. The lowest BCUT2D eigenvalue weighted by atomic mass is 9.64. The van der Waals surface area contributed by atoms with Crippen molar-refractivity contribution in [2.45, 2.75) is 45.6 Å². The first-order chi connectivity index (χ1) is 15.4. The SMILES string of the molecule is COC(=O)c1ccc(NC(=O)COC(=O)CN2C(=O)NC3(CC(C)CC(C)(C)C3)C2=O)cc1. The highest BCUT2D eigenvalue weighted by Gasteiger charge is 2.56. The number of hydrogen-bond donors (Lipinski definition) is 2. The maximum absolute atomic E-state index is 13.1. The number of carbonyl (C=O) groups is 5. The van der Waals surface area contributed by atoms with Crippen LogP contribution in [0.5, 0.6) is 0 Å². The molecule has 4 amide bonds. The van der Waals surface area contributed by atoms with Gasteiger partial charge in [0.15, 0.2) is 6.61 Å². The molecule has 33 heavy (non-hydrogen) atoms. The molecule has 0 bridgehead atoms. The molecule has 1 aliphatic carbocycles. The Balaban J connectivity index is 1.52. The minimum atomic E-state index is -1.01. The molecule has 2 unspecified atom stereocenters. The molecule has 3 rings (SSSR count). The molecular formula is C23H29N3O7. The summed E-state index contributed by atoms with van der Waals surface area (Å²) >= 11 is 0. The lowest BCUT2D eigenvalue weighted by Crippen LogP contribution is -2.54. The smallest absolute Gasteiger partial charge is 0.337 e. The first-order valence-corrected chi connectivity index (χ1v) is 10.7. The number of rotatable bonds is 6. The lowest BCUT2D eigenvalue weighted by molar-refractivity contribution is -0.150. The average molecular weight is 459 g/mol. The molecule has 2 aliphatic rings. The second-order valence-electron chi connectivity index (χ2n) is 9.54. The van der Waals surface area contributed by atoms with E-state index in [1.165, 1.54) is 31.4 Å². The van der Waals surface area contributed by atoms with Crippen molar-refractivity contribution in [2.75, 3.05) is 25.6 Å². The normalized spacial score (nSPS) is 23.8.